The molecule has 1 N–H and O–H groups in total. The standard InChI is InChI=1S/C14H29NO2/c1-4-8-15-14(12(2)7-10-16-3)11-13-6-5-9-17-13/h12-15H,4-11H2,1-3H3. The molecule has 3 unspecified atom stereocenters. The van der Waals surface area contributed by atoms with Crippen LogP contribution in [-0.2, 0) is 9.47 Å². The van der Waals surface area contributed by atoms with Gasteiger partial charge in [-0.05, 0) is 44.6 Å². The lowest BCUT2D eigenvalue weighted by atomic mass is 9.92. The van der Waals surface area contributed by atoms with Crippen molar-refractivity contribution in [2.24, 2.45) is 5.92 Å². The number of hydrogen-bond acceptors (Lipinski definition) is 3. The zero-order valence-electron chi connectivity index (χ0n) is 11.7. The topological polar surface area (TPSA) is 30.5 Å². The zero-order valence-corrected chi connectivity index (χ0v) is 11.7. The van der Waals surface area contributed by atoms with E-state index < -0.39 is 0 Å². The van der Waals surface area contributed by atoms with Crippen molar-refractivity contribution in [3.05, 3.63) is 0 Å². The third-order valence-electron chi connectivity index (χ3n) is 3.66. The van der Waals surface area contributed by atoms with Gasteiger partial charge >= 0.3 is 0 Å². The Bertz CT molecular complexity index is 181. The lowest BCUT2D eigenvalue weighted by Crippen LogP contribution is -2.38. The molecule has 0 radical (unpaired) electrons. The van der Waals surface area contributed by atoms with E-state index in [9.17, 15) is 0 Å². The van der Waals surface area contributed by atoms with Gasteiger partial charge in [-0.25, -0.2) is 0 Å². The Morgan fingerprint density at radius 2 is 2.29 bits per heavy atom. The second kappa shape index (κ2) is 8.90. The second-order valence-corrected chi connectivity index (χ2v) is 5.19. The average molecular weight is 243 g/mol. The van der Waals surface area contributed by atoms with Crippen molar-refractivity contribution in [2.45, 2.75) is 58.1 Å². The van der Waals surface area contributed by atoms with Crippen LogP contribution in [0.3, 0.4) is 0 Å². The minimum absolute atomic E-state index is 0.481. The van der Waals surface area contributed by atoms with Crippen LogP contribution in [0.5, 0.6) is 0 Å². The Morgan fingerprint density at radius 3 is 2.88 bits per heavy atom. The molecule has 3 heteroatoms. The maximum absolute atomic E-state index is 5.75. The Hall–Kier alpha value is -0.120. The third-order valence-corrected chi connectivity index (χ3v) is 3.66. The summed E-state index contributed by atoms with van der Waals surface area (Å²) in [6.45, 7) is 7.46. The fourth-order valence-corrected chi connectivity index (χ4v) is 2.46. The van der Waals surface area contributed by atoms with Crippen molar-refractivity contribution in [3.8, 4) is 0 Å². The highest BCUT2D eigenvalue weighted by Gasteiger charge is 2.24. The molecule has 1 heterocycles. The zero-order chi connectivity index (χ0) is 12.5. The fraction of sp³-hybridized carbons (Fsp3) is 1.00. The van der Waals surface area contributed by atoms with Gasteiger partial charge in [0.2, 0.25) is 0 Å². The van der Waals surface area contributed by atoms with Gasteiger partial charge in [0.1, 0.15) is 0 Å². The first-order chi connectivity index (χ1) is 8.27. The summed E-state index contributed by atoms with van der Waals surface area (Å²) < 4.78 is 10.9. The molecule has 102 valence electrons. The predicted octanol–water partition coefficient (Wildman–Crippen LogP) is 2.60. The number of nitrogens with one attached hydrogen (secondary N) is 1. The van der Waals surface area contributed by atoms with Gasteiger partial charge < -0.3 is 14.8 Å². The molecule has 0 aromatic carbocycles. The summed E-state index contributed by atoms with van der Waals surface area (Å²) in [5.41, 5.74) is 0. The number of methoxy groups -OCH3 is 1. The van der Waals surface area contributed by atoms with Crippen molar-refractivity contribution < 1.29 is 9.47 Å². The Kier molecular flexibility index (Phi) is 7.82. The van der Waals surface area contributed by atoms with Gasteiger partial charge in [-0.2, -0.15) is 0 Å². The van der Waals surface area contributed by atoms with Crippen molar-refractivity contribution in [2.75, 3.05) is 26.9 Å². The van der Waals surface area contributed by atoms with E-state index in [1.54, 1.807) is 7.11 Å². The van der Waals surface area contributed by atoms with E-state index in [4.69, 9.17) is 9.47 Å². The van der Waals surface area contributed by atoms with Crippen LogP contribution in [-0.4, -0.2) is 39.0 Å². The van der Waals surface area contributed by atoms with Gasteiger partial charge in [-0.15, -0.1) is 0 Å². The van der Waals surface area contributed by atoms with E-state index in [0.29, 0.717) is 18.1 Å². The molecule has 3 nitrogen and oxygen atoms in total. The van der Waals surface area contributed by atoms with E-state index in [0.717, 1.165) is 32.6 Å². The summed E-state index contributed by atoms with van der Waals surface area (Å²) in [6.07, 6.45) is 6.43. The molecule has 0 spiro atoms. The molecule has 1 fully saturated rings. The molecular formula is C14H29NO2. The molecule has 0 bridgehead atoms. The number of rotatable bonds is 9. The Labute approximate surface area is 106 Å². The van der Waals surface area contributed by atoms with Crippen molar-refractivity contribution in [1.29, 1.82) is 0 Å². The molecule has 1 rings (SSSR count). The van der Waals surface area contributed by atoms with Crippen LogP contribution in [0.1, 0.15) is 46.0 Å². The van der Waals surface area contributed by atoms with Crippen LogP contribution < -0.4 is 5.32 Å². The van der Waals surface area contributed by atoms with Gasteiger partial charge in [0.05, 0.1) is 6.10 Å². The van der Waals surface area contributed by atoms with Gasteiger partial charge in [0.25, 0.3) is 0 Å². The summed E-state index contributed by atoms with van der Waals surface area (Å²) in [7, 11) is 1.78. The molecule has 0 aromatic heterocycles. The normalized spacial score (nSPS) is 23.8. The molecule has 3 atom stereocenters. The maximum Gasteiger partial charge on any atom is 0.0590 e. The van der Waals surface area contributed by atoms with Crippen LogP contribution in [0.15, 0.2) is 0 Å². The number of hydrogen-bond donors (Lipinski definition) is 1. The lowest BCUT2D eigenvalue weighted by Gasteiger charge is -2.27. The Morgan fingerprint density at radius 1 is 1.47 bits per heavy atom. The van der Waals surface area contributed by atoms with Crippen LogP contribution in [0, 0.1) is 5.92 Å². The smallest absolute Gasteiger partial charge is 0.0590 e. The summed E-state index contributed by atoms with van der Waals surface area (Å²) in [5, 5.41) is 3.67. The average Bonchev–Trinajstić information content (AvgIpc) is 2.84. The monoisotopic (exact) mass is 243 g/mol. The highest BCUT2D eigenvalue weighted by atomic mass is 16.5. The van der Waals surface area contributed by atoms with Gasteiger partial charge in [0.15, 0.2) is 0 Å². The highest BCUT2D eigenvalue weighted by molar-refractivity contribution is 4.79. The minimum atomic E-state index is 0.481. The fourth-order valence-electron chi connectivity index (χ4n) is 2.46. The largest absolute Gasteiger partial charge is 0.385 e. The van der Waals surface area contributed by atoms with Gasteiger partial charge in [-0.3, -0.25) is 0 Å². The molecule has 1 aliphatic rings. The van der Waals surface area contributed by atoms with Gasteiger partial charge in [0, 0.05) is 26.4 Å². The molecule has 17 heavy (non-hydrogen) atoms. The molecule has 1 saturated heterocycles. The second-order valence-electron chi connectivity index (χ2n) is 5.19. The minimum Gasteiger partial charge on any atom is -0.385 e. The summed E-state index contributed by atoms with van der Waals surface area (Å²) >= 11 is 0. The molecule has 0 amide bonds. The Balaban J connectivity index is 2.34. The van der Waals surface area contributed by atoms with Crippen molar-refractivity contribution >= 4 is 0 Å². The molecular weight excluding hydrogens is 214 g/mol. The maximum atomic E-state index is 5.75. The summed E-state index contributed by atoms with van der Waals surface area (Å²) in [5.74, 6) is 0.658. The SMILES string of the molecule is CCCNC(CC1CCCO1)C(C)CCOC. The first-order valence-corrected chi connectivity index (χ1v) is 7.11. The van der Waals surface area contributed by atoms with E-state index >= 15 is 0 Å². The van der Waals surface area contributed by atoms with E-state index in [1.165, 1.54) is 19.3 Å². The summed E-state index contributed by atoms with van der Waals surface area (Å²) in [6, 6.07) is 0.577. The van der Waals surface area contributed by atoms with Crippen LogP contribution in [0.4, 0.5) is 0 Å². The number of ether oxygens (including phenoxy) is 2. The molecule has 1 aliphatic heterocycles. The van der Waals surface area contributed by atoms with Crippen LogP contribution >= 0.6 is 0 Å². The third kappa shape index (κ3) is 5.84. The van der Waals surface area contributed by atoms with Crippen molar-refractivity contribution in [3.63, 3.8) is 0 Å². The van der Waals surface area contributed by atoms with Gasteiger partial charge in [-0.1, -0.05) is 13.8 Å². The lowest BCUT2D eigenvalue weighted by molar-refractivity contribution is 0.0836. The van der Waals surface area contributed by atoms with E-state index in [2.05, 4.69) is 19.2 Å². The first-order valence-electron chi connectivity index (χ1n) is 7.11. The molecule has 0 saturated carbocycles. The predicted molar refractivity (Wildman–Crippen MR) is 71.3 cm³/mol. The quantitative estimate of drug-likeness (QED) is 0.675. The van der Waals surface area contributed by atoms with Crippen LogP contribution in [0.2, 0.25) is 0 Å². The van der Waals surface area contributed by atoms with E-state index in [1.807, 2.05) is 0 Å². The molecule has 0 aromatic rings. The van der Waals surface area contributed by atoms with Crippen molar-refractivity contribution in [1.82, 2.24) is 5.32 Å². The first kappa shape index (κ1) is 14.9. The summed E-state index contributed by atoms with van der Waals surface area (Å²) in [4.78, 5) is 0. The molecule has 0 aliphatic carbocycles. The van der Waals surface area contributed by atoms with Crippen LogP contribution in [0.25, 0.3) is 0 Å². The van der Waals surface area contributed by atoms with E-state index in [-0.39, 0.29) is 0 Å². The highest BCUT2D eigenvalue weighted by Crippen LogP contribution is 2.21.